The number of ether oxygens (including phenoxy) is 1. The zero-order valence-corrected chi connectivity index (χ0v) is 23.0. The molecule has 1 aliphatic heterocycles. The lowest BCUT2D eigenvalue weighted by molar-refractivity contribution is -0.108. The summed E-state index contributed by atoms with van der Waals surface area (Å²) in [5.74, 6) is -0.600. The molecule has 0 aliphatic carbocycles. The van der Waals surface area contributed by atoms with Gasteiger partial charge in [-0.15, -0.1) is 11.3 Å². The Labute approximate surface area is 221 Å². The maximum absolute atomic E-state index is 14.3. The van der Waals surface area contributed by atoms with Gasteiger partial charge in [0.2, 0.25) is 0 Å². The number of thiazole rings is 1. The van der Waals surface area contributed by atoms with Crippen LogP contribution in [0.2, 0.25) is 0 Å². The fourth-order valence-corrected chi connectivity index (χ4v) is 6.05. The van der Waals surface area contributed by atoms with E-state index < -0.39 is 17.9 Å². The van der Waals surface area contributed by atoms with E-state index in [1.807, 2.05) is 50.4 Å². The van der Waals surface area contributed by atoms with E-state index in [9.17, 15) is 14.7 Å². The van der Waals surface area contributed by atoms with Crippen LogP contribution in [0.3, 0.4) is 0 Å². The molecule has 3 heterocycles. The molecule has 0 unspecified atom stereocenters. The molecule has 1 aliphatic rings. The summed E-state index contributed by atoms with van der Waals surface area (Å²) < 4.78 is 5.70. The molecule has 0 saturated carbocycles. The average Bonchev–Trinajstić information content (AvgIpc) is 3.43. The van der Waals surface area contributed by atoms with Crippen LogP contribution in [-0.2, 0) is 10.2 Å². The highest BCUT2D eigenvalue weighted by atomic mass is 32.1. The van der Waals surface area contributed by atoms with Crippen LogP contribution >= 0.6 is 11.3 Å². The van der Waals surface area contributed by atoms with Crippen LogP contribution in [0.25, 0.3) is 0 Å². The normalized spacial score (nSPS) is 21.9. The number of amides is 1. The predicted molar refractivity (Wildman–Crippen MR) is 142 cm³/mol. The largest absolute Gasteiger partial charge is 0.507 e. The molecule has 196 valence electrons. The Bertz CT molecular complexity index is 1250. The molecule has 0 radical (unpaired) electrons. The van der Waals surface area contributed by atoms with Gasteiger partial charge in [0, 0.05) is 48.3 Å². The van der Waals surface area contributed by atoms with Crippen molar-refractivity contribution in [1.82, 2.24) is 19.9 Å². The highest BCUT2D eigenvalue weighted by Crippen LogP contribution is 2.54. The molecular formula is C28H34N4O4S. The zero-order chi connectivity index (χ0) is 27.0. The number of carbonyl (C=O) groups is 2. The van der Waals surface area contributed by atoms with Gasteiger partial charge in [-0.2, -0.15) is 0 Å². The number of hydrogen-bond acceptors (Lipinski definition) is 7. The summed E-state index contributed by atoms with van der Waals surface area (Å²) in [6.45, 7) is 12.2. The lowest BCUT2D eigenvalue weighted by Crippen LogP contribution is -2.52. The van der Waals surface area contributed by atoms with Crippen molar-refractivity contribution in [2.75, 3.05) is 0 Å². The van der Waals surface area contributed by atoms with Gasteiger partial charge in [-0.3, -0.25) is 19.7 Å². The van der Waals surface area contributed by atoms with Gasteiger partial charge in [-0.1, -0.05) is 46.8 Å². The first-order valence-electron chi connectivity index (χ1n) is 12.5. The van der Waals surface area contributed by atoms with Gasteiger partial charge in [-0.05, 0) is 36.0 Å². The summed E-state index contributed by atoms with van der Waals surface area (Å²) in [6.07, 6.45) is 4.22. The van der Waals surface area contributed by atoms with Crippen LogP contribution in [0.15, 0.2) is 48.2 Å². The van der Waals surface area contributed by atoms with Gasteiger partial charge in [0.25, 0.3) is 5.91 Å². The summed E-state index contributed by atoms with van der Waals surface area (Å²) in [7, 11) is 0. The summed E-state index contributed by atoms with van der Waals surface area (Å²) in [5, 5.41) is 12.4. The van der Waals surface area contributed by atoms with E-state index >= 15 is 0 Å². The summed E-state index contributed by atoms with van der Waals surface area (Å²) >= 11 is 1.43. The number of aryl methyl sites for hydroxylation is 1. The second-order valence-corrected chi connectivity index (χ2v) is 12.1. The van der Waals surface area contributed by atoms with Gasteiger partial charge >= 0.3 is 6.16 Å². The monoisotopic (exact) mass is 522 g/mol. The van der Waals surface area contributed by atoms with Gasteiger partial charge < -0.3 is 9.84 Å². The number of likely N-dealkylation sites (tertiary alicyclic amines) is 1. The molecule has 0 spiro atoms. The lowest BCUT2D eigenvalue weighted by atomic mass is 9.86. The third-order valence-electron chi connectivity index (χ3n) is 6.72. The maximum atomic E-state index is 14.3. The molecule has 2 aromatic heterocycles. The Morgan fingerprint density at radius 2 is 1.92 bits per heavy atom. The molecule has 0 bridgehead atoms. The first-order valence-corrected chi connectivity index (χ1v) is 13.3. The van der Waals surface area contributed by atoms with Gasteiger partial charge in [0.1, 0.15) is 5.01 Å². The molecule has 1 aromatic carbocycles. The molecule has 1 amide bonds. The predicted octanol–water partition coefficient (Wildman–Crippen LogP) is 6.35. The van der Waals surface area contributed by atoms with Crippen molar-refractivity contribution in [3.05, 3.63) is 75.8 Å². The van der Waals surface area contributed by atoms with E-state index in [0.717, 1.165) is 11.3 Å². The molecule has 3 atom stereocenters. The van der Waals surface area contributed by atoms with Crippen molar-refractivity contribution in [3.8, 4) is 0 Å². The summed E-state index contributed by atoms with van der Waals surface area (Å²) in [4.78, 5) is 41.7. The van der Waals surface area contributed by atoms with E-state index in [0.29, 0.717) is 22.7 Å². The molecule has 9 heteroatoms. The minimum absolute atomic E-state index is 0.0530. The number of aromatic nitrogens is 3. The third kappa shape index (κ3) is 5.51. The number of nitrogens with zero attached hydrogens (tertiary/aromatic N) is 4. The molecule has 4 rings (SSSR count). The second-order valence-electron chi connectivity index (χ2n) is 11.1. The first-order chi connectivity index (χ1) is 17.4. The Morgan fingerprint density at radius 3 is 2.46 bits per heavy atom. The Kier molecular flexibility index (Phi) is 7.37. The number of rotatable bonds is 6. The van der Waals surface area contributed by atoms with E-state index in [-0.39, 0.29) is 29.6 Å². The number of carbonyl (C=O) groups excluding carboxylic acids is 1. The molecule has 3 aromatic rings. The van der Waals surface area contributed by atoms with Gasteiger partial charge in [0.05, 0.1) is 17.4 Å². The molecule has 37 heavy (non-hydrogen) atoms. The van der Waals surface area contributed by atoms with Crippen molar-refractivity contribution >= 4 is 23.4 Å². The van der Waals surface area contributed by atoms with Gasteiger partial charge in [-0.25, -0.2) is 9.78 Å². The molecule has 1 fully saturated rings. The van der Waals surface area contributed by atoms with Crippen molar-refractivity contribution in [3.63, 3.8) is 0 Å². The second kappa shape index (κ2) is 10.2. The average molecular weight is 523 g/mol. The minimum Gasteiger partial charge on any atom is -0.450 e. The third-order valence-corrected chi connectivity index (χ3v) is 7.56. The van der Waals surface area contributed by atoms with Crippen LogP contribution < -0.4 is 0 Å². The Morgan fingerprint density at radius 1 is 1.22 bits per heavy atom. The number of carboxylic acid groups (broad SMARTS) is 1. The van der Waals surface area contributed by atoms with Crippen molar-refractivity contribution < 1.29 is 19.4 Å². The van der Waals surface area contributed by atoms with E-state index in [4.69, 9.17) is 9.72 Å². The fourth-order valence-electron chi connectivity index (χ4n) is 5.26. The quantitative estimate of drug-likeness (QED) is 0.376. The SMILES string of the molecule is Cc1cncc([C@H]2C[C@](CC(C)C)(OC(=O)O)N(C(=O)c3ccc(C(C)(C)C)cc3)[C@H]2c2nccs2)n1. The highest BCUT2D eigenvalue weighted by molar-refractivity contribution is 7.09. The zero-order valence-electron chi connectivity index (χ0n) is 22.1. The van der Waals surface area contributed by atoms with Crippen LogP contribution in [0.5, 0.6) is 0 Å². The van der Waals surface area contributed by atoms with Crippen LogP contribution in [0, 0.1) is 12.8 Å². The van der Waals surface area contributed by atoms with Crippen molar-refractivity contribution in [2.45, 2.75) is 77.5 Å². The van der Waals surface area contributed by atoms with E-state index in [1.165, 1.54) is 11.3 Å². The van der Waals surface area contributed by atoms with E-state index in [1.54, 1.807) is 23.5 Å². The van der Waals surface area contributed by atoms with Crippen LogP contribution in [0.4, 0.5) is 4.79 Å². The molecule has 1 saturated heterocycles. The smallest absolute Gasteiger partial charge is 0.450 e. The van der Waals surface area contributed by atoms with Crippen molar-refractivity contribution in [1.29, 1.82) is 0 Å². The highest BCUT2D eigenvalue weighted by Gasteiger charge is 2.59. The van der Waals surface area contributed by atoms with Crippen LogP contribution in [-0.4, -0.2) is 42.7 Å². The number of hydrogen-bond donors (Lipinski definition) is 1. The van der Waals surface area contributed by atoms with Crippen LogP contribution in [0.1, 0.15) is 91.7 Å². The Balaban J connectivity index is 1.90. The lowest BCUT2D eigenvalue weighted by Gasteiger charge is -2.40. The summed E-state index contributed by atoms with van der Waals surface area (Å²) in [6, 6.07) is 6.95. The standard InChI is InChI=1S/C28H34N4O4S/c1-17(2)13-28(36-26(34)35)14-21(22-16-29-15-18(3)31-22)23(24-30-11-12-37-24)32(28)25(33)19-7-9-20(10-8-19)27(4,5)6/h7-12,15-17,21,23H,13-14H2,1-6H3,(H,34,35)/t21-,23-,28+/m1/s1. The molecule has 1 N–H and O–H groups in total. The topological polar surface area (TPSA) is 106 Å². The first kappa shape index (κ1) is 26.7. The maximum Gasteiger partial charge on any atom is 0.507 e. The van der Waals surface area contributed by atoms with Crippen molar-refractivity contribution in [2.24, 2.45) is 5.92 Å². The summed E-state index contributed by atoms with van der Waals surface area (Å²) in [5.41, 5.74) is 1.53. The van der Waals surface area contributed by atoms with Gasteiger partial charge in [0.15, 0.2) is 5.72 Å². The Hall–Kier alpha value is -3.33. The minimum atomic E-state index is -1.42. The fraction of sp³-hybridized carbons (Fsp3) is 0.464. The molecular weight excluding hydrogens is 488 g/mol. The number of benzene rings is 1. The molecule has 8 nitrogen and oxygen atoms in total. The van der Waals surface area contributed by atoms with E-state index in [2.05, 4.69) is 30.7 Å².